The number of hydrogen-bond acceptors (Lipinski definition) is 4. The maximum absolute atomic E-state index is 8.55. The third-order valence-electron chi connectivity index (χ3n) is 0. The van der Waals surface area contributed by atoms with Gasteiger partial charge in [-0.25, -0.2) is 0 Å². The Bertz CT molecular complexity index is 60.2. The van der Waals surface area contributed by atoms with Crippen LogP contribution in [0.15, 0.2) is 0 Å². The van der Waals surface area contributed by atoms with Crippen molar-refractivity contribution in [2.24, 2.45) is 0 Å². The molecule has 0 aliphatic rings. The first kappa shape index (κ1) is 22.4. The van der Waals surface area contributed by atoms with Crippen LogP contribution in [0.5, 0.6) is 0 Å². The number of hydrogen-bond donors (Lipinski definition) is 0. The molecule has 0 fully saturated rings. The van der Waals surface area contributed by atoms with E-state index in [1.165, 1.54) is 0 Å². The summed E-state index contributed by atoms with van der Waals surface area (Å²) in [6.07, 6.45) is 0. The zero-order valence-corrected chi connectivity index (χ0v) is 11.0. The zero-order chi connectivity index (χ0) is 4.50. The number of rotatable bonds is 0. The van der Waals surface area contributed by atoms with E-state index in [2.05, 4.69) is 0 Å². The molecule has 0 aromatic carbocycles. The van der Waals surface area contributed by atoms with E-state index < -0.39 is 7.82 Å². The van der Waals surface area contributed by atoms with Crippen LogP contribution in [-0.4, -0.2) is 37.7 Å². The molecule has 8 heavy (non-hydrogen) atoms. The fourth-order valence-electron chi connectivity index (χ4n) is 0. The molecule has 0 saturated heterocycles. The van der Waals surface area contributed by atoms with Gasteiger partial charge >= 0.3 is 67.3 Å². The van der Waals surface area contributed by atoms with E-state index in [0.29, 0.717) is 0 Å². The van der Waals surface area contributed by atoms with Gasteiger partial charge < -0.3 is 19.2 Å². The first-order chi connectivity index (χ1) is 2.00. The Morgan fingerprint density at radius 2 is 1.12 bits per heavy atom. The second-order valence-electron chi connectivity index (χ2n) is 0.447. The SMILES string of the molecule is O=P([O-])([O-])[O-].P.[Ca+2].[Na+]. The van der Waals surface area contributed by atoms with Crippen LogP contribution in [0.2, 0.25) is 0 Å². The third-order valence-corrected chi connectivity index (χ3v) is 0. The molecule has 8 heteroatoms. The molecule has 0 rings (SSSR count). The summed E-state index contributed by atoms with van der Waals surface area (Å²) in [4.78, 5) is 25.6. The van der Waals surface area contributed by atoms with Crippen molar-refractivity contribution in [3.8, 4) is 0 Å². The van der Waals surface area contributed by atoms with E-state index >= 15 is 0 Å². The van der Waals surface area contributed by atoms with E-state index in [-0.39, 0.29) is 77.2 Å². The predicted octanol–water partition coefficient (Wildman–Crippen LogP) is -6.14. The molecule has 0 amide bonds. The molecule has 40 valence electrons. The summed E-state index contributed by atoms with van der Waals surface area (Å²) in [5.41, 5.74) is 0. The summed E-state index contributed by atoms with van der Waals surface area (Å²) in [5.74, 6) is 0. The summed E-state index contributed by atoms with van der Waals surface area (Å²) >= 11 is 0. The topological polar surface area (TPSA) is 86.2 Å². The maximum Gasteiger partial charge on any atom is 2.00 e. The van der Waals surface area contributed by atoms with Crippen molar-refractivity contribution in [2.75, 3.05) is 0 Å². The van der Waals surface area contributed by atoms with Gasteiger partial charge in [0, 0.05) is 0 Å². The van der Waals surface area contributed by atoms with Gasteiger partial charge in [0.25, 0.3) is 0 Å². The molecule has 0 N–H and O–H groups in total. The minimum absolute atomic E-state index is 0. The van der Waals surface area contributed by atoms with Gasteiger partial charge in [0.2, 0.25) is 0 Å². The zero-order valence-electron chi connectivity index (χ0n) is 4.49. The molecule has 0 heterocycles. The van der Waals surface area contributed by atoms with Crippen LogP contribution in [0.1, 0.15) is 0 Å². The minimum Gasteiger partial charge on any atom is -0.822 e. The molecule has 0 bridgehead atoms. The smallest absolute Gasteiger partial charge is 0.822 e. The fraction of sp³-hybridized carbons (Fsp3) is 0. The van der Waals surface area contributed by atoms with Crippen LogP contribution in [-0.2, 0) is 4.57 Å². The molecule has 0 spiro atoms. The molecule has 1 atom stereocenters. The predicted molar refractivity (Wildman–Crippen MR) is 24.5 cm³/mol. The monoisotopic (exact) mass is 192 g/mol. The Hall–Kier alpha value is 2.80. The molecule has 0 aromatic rings. The normalized spacial score (nSPS) is 7.38. The Kier molecular flexibility index (Phi) is 27.5. The summed E-state index contributed by atoms with van der Waals surface area (Å²) in [6, 6.07) is 0. The van der Waals surface area contributed by atoms with Crippen molar-refractivity contribution in [3.05, 3.63) is 0 Å². The van der Waals surface area contributed by atoms with Crippen molar-refractivity contribution < 1.29 is 48.8 Å². The quantitative estimate of drug-likeness (QED) is 0.282. The van der Waals surface area contributed by atoms with E-state index in [0.717, 1.165) is 0 Å². The first-order valence-corrected chi connectivity index (χ1v) is 2.19. The first-order valence-electron chi connectivity index (χ1n) is 0.730. The van der Waals surface area contributed by atoms with Crippen LogP contribution in [0, 0.1) is 0 Å². The maximum atomic E-state index is 8.55. The van der Waals surface area contributed by atoms with Gasteiger partial charge in [0.05, 0.1) is 0 Å². The van der Waals surface area contributed by atoms with Gasteiger partial charge in [-0.2, -0.15) is 17.7 Å². The molecule has 0 saturated carbocycles. The van der Waals surface area contributed by atoms with Crippen LogP contribution in [0.3, 0.4) is 0 Å². The Labute approximate surface area is 103 Å². The summed E-state index contributed by atoms with van der Waals surface area (Å²) in [6.45, 7) is 0. The van der Waals surface area contributed by atoms with Gasteiger partial charge in [0.15, 0.2) is 0 Å². The molecule has 0 radical (unpaired) electrons. The minimum atomic E-state index is -5.39. The second kappa shape index (κ2) is 9.80. The van der Waals surface area contributed by atoms with Gasteiger partial charge in [-0.05, 0) is 0 Å². The van der Waals surface area contributed by atoms with Crippen molar-refractivity contribution in [3.63, 3.8) is 0 Å². The Morgan fingerprint density at radius 3 is 1.12 bits per heavy atom. The molecular formula is H3CaNaO4P2. The molecule has 0 aromatic heterocycles. The molecule has 1 unspecified atom stereocenters. The number of phosphoric acid groups is 1. The average Bonchev–Trinajstić information content (AvgIpc) is 0.722. The largest absolute Gasteiger partial charge is 2.00 e. The van der Waals surface area contributed by atoms with E-state index in [4.69, 9.17) is 19.2 Å². The van der Waals surface area contributed by atoms with Crippen LogP contribution in [0.25, 0.3) is 0 Å². The van der Waals surface area contributed by atoms with Crippen LogP contribution >= 0.6 is 17.7 Å². The molecule has 0 aliphatic heterocycles. The van der Waals surface area contributed by atoms with Crippen molar-refractivity contribution in [1.29, 1.82) is 0 Å². The average molecular weight is 192 g/mol. The third kappa shape index (κ3) is 68.3. The van der Waals surface area contributed by atoms with E-state index in [9.17, 15) is 0 Å². The van der Waals surface area contributed by atoms with Gasteiger partial charge in [-0.3, -0.25) is 0 Å². The van der Waals surface area contributed by atoms with Crippen molar-refractivity contribution >= 4 is 55.5 Å². The van der Waals surface area contributed by atoms with Crippen LogP contribution < -0.4 is 44.2 Å². The van der Waals surface area contributed by atoms with E-state index in [1.807, 2.05) is 0 Å². The summed E-state index contributed by atoms with van der Waals surface area (Å²) in [7, 11) is -5.39. The Morgan fingerprint density at radius 1 is 1.12 bits per heavy atom. The molecular weight excluding hydrogens is 189 g/mol. The van der Waals surface area contributed by atoms with Gasteiger partial charge in [-0.15, -0.1) is 0 Å². The summed E-state index contributed by atoms with van der Waals surface area (Å²) < 4.78 is 8.55. The second-order valence-corrected chi connectivity index (χ2v) is 1.34. The standard InChI is InChI=1S/Ca.Na.H3O4P.H3P/c;;1-5(2,3)4;/h;;(H3,1,2,3,4);1H3/q+2;+1;;/p-3. The molecule has 0 aliphatic carbocycles. The van der Waals surface area contributed by atoms with Crippen molar-refractivity contribution in [2.45, 2.75) is 0 Å². The Balaban J connectivity index is -0.0000000267. The van der Waals surface area contributed by atoms with Crippen molar-refractivity contribution in [1.82, 2.24) is 0 Å². The van der Waals surface area contributed by atoms with Crippen LogP contribution in [0.4, 0.5) is 0 Å². The summed E-state index contributed by atoms with van der Waals surface area (Å²) in [5, 5.41) is 0. The van der Waals surface area contributed by atoms with Gasteiger partial charge in [-0.1, -0.05) is 0 Å². The fourth-order valence-corrected chi connectivity index (χ4v) is 0. The van der Waals surface area contributed by atoms with E-state index in [1.54, 1.807) is 0 Å². The van der Waals surface area contributed by atoms with Gasteiger partial charge in [0.1, 0.15) is 0 Å². The molecule has 4 nitrogen and oxygen atoms in total.